The Morgan fingerprint density at radius 3 is 2.00 bits per heavy atom. The zero-order valence-electron chi connectivity index (χ0n) is 14.0. The summed E-state index contributed by atoms with van der Waals surface area (Å²) >= 11 is 0. The first kappa shape index (κ1) is 15.4. The van der Waals surface area contributed by atoms with Gasteiger partial charge in [-0.2, -0.15) is 0 Å². The number of rotatable bonds is 5. The molecule has 0 aliphatic carbocycles. The molecule has 2 nitrogen and oxygen atoms in total. The maximum atomic E-state index is 4.34. The van der Waals surface area contributed by atoms with Crippen LogP contribution >= 0.6 is 0 Å². The van der Waals surface area contributed by atoms with Gasteiger partial charge in [-0.05, 0) is 22.3 Å². The molecule has 0 bridgehead atoms. The van der Waals surface area contributed by atoms with Gasteiger partial charge in [0.15, 0.2) is 0 Å². The molecule has 1 heterocycles. The predicted molar refractivity (Wildman–Crippen MR) is 102 cm³/mol. The highest BCUT2D eigenvalue weighted by molar-refractivity contribution is 5.63. The highest BCUT2D eigenvalue weighted by atomic mass is 15.0. The Morgan fingerprint density at radius 1 is 0.640 bits per heavy atom. The van der Waals surface area contributed by atoms with E-state index >= 15 is 0 Å². The summed E-state index contributed by atoms with van der Waals surface area (Å²) in [6.07, 6.45) is 4.79. The Kier molecular flexibility index (Phi) is 4.42. The Morgan fingerprint density at radius 2 is 1.28 bits per heavy atom. The van der Waals surface area contributed by atoms with E-state index in [2.05, 4.69) is 88.4 Å². The molecule has 0 unspecified atom stereocenters. The molecule has 2 heteroatoms. The van der Waals surface area contributed by atoms with Crippen molar-refractivity contribution in [2.75, 3.05) is 0 Å². The normalized spacial score (nSPS) is 10.7. The summed E-state index contributed by atoms with van der Waals surface area (Å²) in [5.41, 5.74) is 6.33. The number of benzene rings is 3. The van der Waals surface area contributed by atoms with E-state index in [0.29, 0.717) is 0 Å². The van der Waals surface area contributed by atoms with Crippen LogP contribution in [0.15, 0.2) is 97.5 Å². The van der Waals surface area contributed by atoms with Crippen molar-refractivity contribution in [2.45, 2.75) is 13.0 Å². The Labute approximate surface area is 148 Å². The fourth-order valence-electron chi connectivity index (χ4n) is 3.07. The van der Waals surface area contributed by atoms with Gasteiger partial charge in [0.2, 0.25) is 0 Å². The number of aromatic nitrogens is 2. The molecular weight excluding hydrogens is 304 g/mol. The van der Waals surface area contributed by atoms with Crippen LogP contribution in [0.1, 0.15) is 16.8 Å². The van der Waals surface area contributed by atoms with Gasteiger partial charge < -0.3 is 4.57 Å². The van der Waals surface area contributed by atoms with Crippen molar-refractivity contribution < 1.29 is 0 Å². The van der Waals surface area contributed by atoms with Crippen molar-refractivity contribution in [2.24, 2.45) is 0 Å². The smallest absolute Gasteiger partial charge is 0.0951 e. The zero-order chi connectivity index (χ0) is 16.9. The maximum absolute atomic E-state index is 4.34. The lowest BCUT2D eigenvalue weighted by Crippen LogP contribution is -2.03. The lowest BCUT2D eigenvalue weighted by atomic mass is 10.0. The van der Waals surface area contributed by atoms with Gasteiger partial charge in [0, 0.05) is 24.9 Å². The SMILES string of the molecule is c1ccc(Cc2cncn2Cc2ccc(-c3ccccc3)cc2)cc1. The molecule has 0 fully saturated rings. The molecule has 0 N–H and O–H groups in total. The summed E-state index contributed by atoms with van der Waals surface area (Å²) in [4.78, 5) is 4.34. The average Bonchev–Trinajstić information content (AvgIpc) is 3.10. The van der Waals surface area contributed by atoms with Gasteiger partial charge in [-0.15, -0.1) is 0 Å². The number of nitrogens with zero attached hydrogens (tertiary/aromatic N) is 2. The molecule has 0 atom stereocenters. The zero-order valence-corrected chi connectivity index (χ0v) is 14.0. The molecule has 0 saturated heterocycles. The van der Waals surface area contributed by atoms with Crippen molar-refractivity contribution >= 4 is 0 Å². The lowest BCUT2D eigenvalue weighted by Gasteiger charge is -2.09. The van der Waals surface area contributed by atoms with E-state index in [1.807, 2.05) is 18.6 Å². The highest BCUT2D eigenvalue weighted by Gasteiger charge is 2.05. The summed E-state index contributed by atoms with van der Waals surface area (Å²) in [7, 11) is 0. The van der Waals surface area contributed by atoms with Crippen LogP contribution in [0.4, 0.5) is 0 Å². The summed E-state index contributed by atoms with van der Waals surface area (Å²) in [6, 6.07) is 29.8. The molecule has 1 aromatic heterocycles. The third-order valence-electron chi connectivity index (χ3n) is 4.44. The lowest BCUT2D eigenvalue weighted by molar-refractivity contribution is 0.753. The molecule has 0 aliphatic heterocycles. The third kappa shape index (κ3) is 3.69. The number of hydrogen-bond donors (Lipinski definition) is 0. The molecule has 4 rings (SSSR count). The van der Waals surface area contributed by atoms with Crippen molar-refractivity contribution in [3.63, 3.8) is 0 Å². The van der Waals surface area contributed by atoms with E-state index in [4.69, 9.17) is 0 Å². The molecule has 0 aliphatic rings. The molecule has 122 valence electrons. The van der Waals surface area contributed by atoms with Crippen LogP contribution in [0, 0.1) is 0 Å². The fraction of sp³-hybridized carbons (Fsp3) is 0.0870. The van der Waals surface area contributed by atoms with Gasteiger partial charge in [-0.1, -0.05) is 84.9 Å². The average molecular weight is 324 g/mol. The van der Waals surface area contributed by atoms with Crippen LogP contribution in [0.2, 0.25) is 0 Å². The van der Waals surface area contributed by atoms with Gasteiger partial charge in [-0.3, -0.25) is 0 Å². The molecule has 0 spiro atoms. The second-order valence-electron chi connectivity index (χ2n) is 6.24. The van der Waals surface area contributed by atoms with Crippen LogP contribution in [0.25, 0.3) is 11.1 Å². The second-order valence-corrected chi connectivity index (χ2v) is 6.24. The Balaban J connectivity index is 1.51. The third-order valence-corrected chi connectivity index (χ3v) is 4.44. The van der Waals surface area contributed by atoms with Crippen LogP contribution in [-0.4, -0.2) is 9.55 Å². The molecule has 0 amide bonds. The van der Waals surface area contributed by atoms with Gasteiger partial charge in [0.1, 0.15) is 0 Å². The van der Waals surface area contributed by atoms with Crippen molar-refractivity contribution in [1.29, 1.82) is 0 Å². The van der Waals surface area contributed by atoms with Gasteiger partial charge in [-0.25, -0.2) is 4.98 Å². The van der Waals surface area contributed by atoms with E-state index in [-0.39, 0.29) is 0 Å². The van der Waals surface area contributed by atoms with E-state index in [0.717, 1.165) is 13.0 Å². The molecular formula is C23H20N2. The quantitative estimate of drug-likeness (QED) is 0.494. The van der Waals surface area contributed by atoms with Crippen LogP contribution < -0.4 is 0 Å². The number of imidazole rings is 1. The van der Waals surface area contributed by atoms with Crippen molar-refractivity contribution in [3.8, 4) is 11.1 Å². The Bertz CT molecular complexity index is 923. The first-order valence-corrected chi connectivity index (χ1v) is 8.56. The van der Waals surface area contributed by atoms with Crippen LogP contribution in [0.3, 0.4) is 0 Å². The molecule has 4 aromatic rings. The van der Waals surface area contributed by atoms with E-state index in [1.54, 1.807) is 0 Å². The van der Waals surface area contributed by atoms with Gasteiger partial charge >= 0.3 is 0 Å². The first-order valence-electron chi connectivity index (χ1n) is 8.56. The van der Waals surface area contributed by atoms with E-state index < -0.39 is 0 Å². The van der Waals surface area contributed by atoms with Gasteiger partial charge in [0.25, 0.3) is 0 Å². The van der Waals surface area contributed by atoms with Crippen LogP contribution in [-0.2, 0) is 13.0 Å². The van der Waals surface area contributed by atoms with Crippen molar-refractivity contribution in [1.82, 2.24) is 9.55 Å². The minimum absolute atomic E-state index is 0.844. The Hall–Kier alpha value is -3.13. The van der Waals surface area contributed by atoms with E-state index in [9.17, 15) is 0 Å². The largest absolute Gasteiger partial charge is 0.330 e. The summed E-state index contributed by atoms with van der Waals surface area (Å²) in [5, 5.41) is 0. The highest BCUT2D eigenvalue weighted by Crippen LogP contribution is 2.20. The molecule has 0 saturated carbocycles. The minimum atomic E-state index is 0.844. The molecule has 0 radical (unpaired) electrons. The summed E-state index contributed by atoms with van der Waals surface area (Å²) in [6.45, 7) is 0.844. The first-order chi connectivity index (χ1) is 12.4. The van der Waals surface area contributed by atoms with Crippen LogP contribution in [0.5, 0.6) is 0 Å². The topological polar surface area (TPSA) is 17.8 Å². The minimum Gasteiger partial charge on any atom is -0.330 e. The predicted octanol–water partition coefficient (Wildman–Crippen LogP) is 5.19. The standard InChI is InChI=1S/C23H20N2/c1-3-7-19(8-4-1)15-23-16-24-18-25(23)17-20-11-13-22(14-12-20)21-9-5-2-6-10-21/h1-14,16,18H,15,17H2. The summed E-state index contributed by atoms with van der Waals surface area (Å²) in [5.74, 6) is 0. The van der Waals surface area contributed by atoms with Gasteiger partial charge in [0.05, 0.1) is 6.33 Å². The van der Waals surface area contributed by atoms with E-state index in [1.165, 1.54) is 27.9 Å². The van der Waals surface area contributed by atoms with Crippen molar-refractivity contribution in [3.05, 3.63) is 114 Å². The molecule has 3 aromatic carbocycles. The maximum Gasteiger partial charge on any atom is 0.0951 e. The summed E-state index contributed by atoms with van der Waals surface area (Å²) < 4.78 is 2.23. The number of hydrogen-bond acceptors (Lipinski definition) is 1. The fourth-order valence-corrected chi connectivity index (χ4v) is 3.07. The second kappa shape index (κ2) is 7.18. The molecule has 25 heavy (non-hydrogen) atoms. The monoisotopic (exact) mass is 324 g/mol.